The number of hydrogen-bond donors (Lipinski definition) is 2. The molecule has 3 aromatic carbocycles. The molecule has 1 aliphatic rings. The molecule has 3 aromatic rings. The molecule has 0 radical (unpaired) electrons. The molecular formula is C27H25N3O3. The van der Waals surface area contributed by atoms with Gasteiger partial charge in [-0.2, -0.15) is 0 Å². The van der Waals surface area contributed by atoms with Crippen molar-refractivity contribution in [1.82, 2.24) is 0 Å². The van der Waals surface area contributed by atoms with Crippen molar-refractivity contribution in [1.29, 1.82) is 0 Å². The Balaban J connectivity index is 1.79. The fraction of sp³-hybridized carbons (Fsp3) is 0.148. The first kappa shape index (κ1) is 22.0. The van der Waals surface area contributed by atoms with Crippen molar-refractivity contribution in [2.45, 2.75) is 27.7 Å². The number of imide groups is 1. The zero-order valence-electron chi connectivity index (χ0n) is 19.0. The molecule has 33 heavy (non-hydrogen) atoms. The minimum Gasteiger partial charge on any atom is -0.350 e. The van der Waals surface area contributed by atoms with Crippen LogP contribution in [-0.2, 0) is 14.4 Å². The molecule has 6 nitrogen and oxygen atoms in total. The number of carbonyl (C=O) groups is 3. The third-order valence-corrected chi connectivity index (χ3v) is 5.47. The van der Waals surface area contributed by atoms with E-state index < -0.39 is 5.91 Å². The summed E-state index contributed by atoms with van der Waals surface area (Å²) < 4.78 is 0. The molecule has 2 N–H and O–H groups in total. The minimum atomic E-state index is -0.411. The minimum absolute atomic E-state index is 0.166. The summed E-state index contributed by atoms with van der Waals surface area (Å²) in [6.07, 6.45) is 0. The number of benzene rings is 3. The summed E-state index contributed by atoms with van der Waals surface area (Å²) in [7, 11) is 0. The van der Waals surface area contributed by atoms with Gasteiger partial charge in [-0.3, -0.25) is 14.4 Å². The molecule has 1 heterocycles. The standard InChI is InChI=1S/C27H25N3O3/c1-16-6-5-7-22(15-16)30-26(32)24(23-13-8-17(2)14-18(23)3)25(27(30)33)29-21-11-9-20(10-12-21)28-19(4)31/h5-15,29H,1-4H3,(H,28,31). The van der Waals surface area contributed by atoms with Crippen molar-refractivity contribution in [2.24, 2.45) is 0 Å². The van der Waals surface area contributed by atoms with E-state index in [9.17, 15) is 14.4 Å². The van der Waals surface area contributed by atoms with Crippen LogP contribution in [-0.4, -0.2) is 17.7 Å². The average molecular weight is 440 g/mol. The van der Waals surface area contributed by atoms with Crippen LogP contribution in [0.4, 0.5) is 17.1 Å². The molecule has 3 amide bonds. The van der Waals surface area contributed by atoms with E-state index in [1.807, 2.05) is 57.2 Å². The highest BCUT2D eigenvalue weighted by Gasteiger charge is 2.40. The van der Waals surface area contributed by atoms with Gasteiger partial charge < -0.3 is 10.6 Å². The van der Waals surface area contributed by atoms with Crippen LogP contribution in [0.2, 0.25) is 0 Å². The summed E-state index contributed by atoms with van der Waals surface area (Å²) >= 11 is 0. The van der Waals surface area contributed by atoms with E-state index in [2.05, 4.69) is 10.6 Å². The van der Waals surface area contributed by atoms with Gasteiger partial charge in [0.2, 0.25) is 5.91 Å². The third kappa shape index (κ3) is 4.41. The molecule has 0 bridgehead atoms. The molecule has 0 fully saturated rings. The van der Waals surface area contributed by atoms with E-state index in [0.717, 1.165) is 16.7 Å². The Kier molecular flexibility index (Phi) is 5.84. The number of rotatable bonds is 5. The summed E-state index contributed by atoms with van der Waals surface area (Å²) in [4.78, 5) is 39.6. The van der Waals surface area contributed by atoms with Crippen LogP contribution in [0.5, 0.6) is 0 Å². The summed E-state index contributed by atoms with van der Waals surface area (Å²) in [6, 6.07) is 20.1. The Labute approximate surface area is 192 Å². The number of anilines is 3. The Morgan fingerprint density at radius 2 is 1.45 bits per heavy atom. The number of nitrogens with one attached hydrogen (secondary N) is 2. The predicted octanol–water partition coefficient (Wildman–Crippen LogP) is 4.97. The van der Waals surface area contributed by atoms with Crippen molar-refractivity contribution < 1.29 is 14.4 Å². The van der Waals surface area contributed by atoms with Gasteiger partial charge in [0.1, 0.15) is 5.70 Å². The maximum Gasteiger partial charge on any atom is 0.282 e. The lowest BCUT2D eigenvalue weighted by Gasteiger charge is -2.16. The fourth-order valence-corrected chi connectivity index (χ4v) is 3.98. The average Bonchev–Trinajstić information content (AvgIpc) is 2.99. The monoisotopic (exact) mass is 439 g/mol. The van der Waals surface area contributed by atoms with Crippen LogP contribution >= 0.6 is 0 Å². The Morgan fingerprint density at radius 1 is 0.788 bits per heavy atom. The Morgan fingerprint density at radius 3 is 2.09 bits per heavy atom. The van der Waals surface area contributed by atoms with Crippen LogP contribution in [0.1, 0.15) is 29.2 Å². The largest absolute Gasteiger partial charge is 0.350 e. The van der Waals surface area contributed by atoms with E-state index in [1.165, 1.54) is 11.8 Å². The zero-order chi connectivity index (χ0) is 23.7. The van der Waals surface area contributed by atoms with Gasteiger partial charge in [0.05, 0.1) is 11.3 Å². The van der Waals surface area contributed by atoms with Crippen LogP contribution in [0.15, 0.2) is 72.4 Å². The molecular weight excluding hydrogens is 414 g/mol. The highest BCUT2D eigenvalue weighted by Crippen LogP contribution is 2.35. The zero-order valence-corrected chi connectivity index (χ0v) is 19.0. The van der Waals surface area contributed by atoms with Gasteiger partial charge >= 0.3 is 0 Å². The molecule has 4 rings (SSSR count). The van der Waals surface area contributed by atoms with Gasteiger partial charge in [-0.05, 0) is 73.9 Å². The van der Waals surface area contributed by atoms with Crippen molar-refractivity contribution in [3.8, 4) is 0 Å². The smallest absolute Gasteiger partial charge is 0.282 e. The first-order chi connectivity index (χ1) is 15.7. The maximum atomic E-state index is 13.6. The SMILES string of the molecule is CC(=O)Nc1ccc(NC2=C(c3ccc(C)cc3C)C(=O)N(c3cccc(C)c3)C2=O)cc1. The van der Waals surface area contributed by atoms with E-state index in [4.69, 9.17) is 0 Å². The number of nitrogens with zero attached hydrogens (tertiary/aromatic N) is 1. The molecule has 1 aliphatic heterocycles. The number of amides is 3. The molecule has 166 valence electrons. The second-order valence-electron chi connectivity index (χ2n) is 8.24. The summed E-state index contributed by atoms with van der Waals surface area (Å²) in [6.45, 7) is 7.28. The lowest BCUT2D eigenvalue weighted by molar-refractivity contribution is -0.120. The first-order valence-electron chi connectivity index (χ1n) is 10.7. The summed E-state index contributed by atoms with van der Waals surface area (Å²) in [5.74, 6) is -0.942. The van der Waals surface area contributed by atoms with E-state index in [-0.39, 0.29) is 17.5 Å². The van der Waals surface area contributed by atoms with Crippen molar-refractivity contribution in [3.63, 3.8) is 0 Å². The second-order valence-corrected chi connectivity index (χ2v) is 8.24. The lowest BCUT2D eigenvalue weighted by Crippen LogP contribution is -2.32. The molecule has 0 spiro atoms. The van der Waals surface area contributed by atoms with E-state index >= 15 is 0 Å². The fourth-order valence-electron chi connectivity index (χ4n) is 3.98. The topological polar surface area (TPSA) is 78.5 Å². The van der Waals surface area contributed by atoms with Gasteiger partial charge in [0.15, 0.2) is 0 Å². The highest BCUT2D eigenvalue weighted by molar-refractivity contribution is 6.46. The second kappa shape index (κ2) is 8.74. The molecule has 0 aliphatic carbocycles. The number of aryl methyl sites for hydroxylation is 3. The van der Waals surface area contributed by atoms with Crippen LogP contribution < -0.4 is 15.5 Å². The molecule has 0 saturated carbocycles. The molecule has 6 heteroatoms. The summed E-state index contributed by atoms with van der Waals surface area (Å²) in [5, 5.41) is 5.88. The third-order valence-electron chi connectivity index (χ3n) is 5.47. The van der Waals surface area contributed by atoms with E-state index in [1.54, 1.807) is 30.3 Å². The first-order valence-corrected chi connectivity index (χ1v) is 10.7. The van der Waals surface area contributed by atoms with Crippen LogP contribution in [0.3, 0.4) is 0 Å². The normalized spacial score (nSPS) is 13.5. The Bertz CT molecular complexity index is 1310. The van der Waals surface area contributed by atoms with Gasteiger partial charge in [-0.25, -0.2) is 4.90 Å². The Hall–Kier alpha value is -4.19. The van der Waals surface area contributed by atoms with Crippen molar-refractivity contribution in [3.05, 3.63) is 94.7 Å². The quantitative estimate of drug-likeness (QED) is 0.551. The van der Waals surface area contributed by atoms with Gasteiger partial charge in [0.25, 0.3) is 11.8 Å². The van der Waals surface area contributed by atoms with Crippen LogP contribution in [0, 0.1) is 20.8 Å². The lowest BCUT2D eigenvalue weighted by atomic mass is 9.97. The molecule has 0 unspecified atom stereocenters. The van der Waals surface area contributed by atoms with Crippen molar-refractivity contribution in [2.75, 3.05) is 15.5 Å². The van der Waals surface area contributed by atoms with Gasteiger partial charge in [-0.1, -0.05) is 35.9 Å². The summed E-state index contributed by atoms with van der Waals surface area (Å²) in [5.41, 5.74) is 6.03. The van der Waals surface area contributed by atoms with Gasteiger partial charge in [-0.15, -0.1) is 0 Å². The molecule has 0 atom stereocenters. The number of carbonyl (C=O) groups excluding carboxylic acids is 3. The van der Waals surface area contributed by atoms with Crippen molar-refractivity contribution >= 4 is 40.4 Å². The number of hydrogen-bond acceptors (Lipinski definition) is 4. The van der Waals surface area contributed by atoms with Crippen LogP contribution in [0.25, 0.3) is 5.57 Å². The maximum absolute atomic E-state index is 13.6. The molecule has 0 aromatic heterocycles. The van der Waals surface area contributed by atoms with Gasteiger partial charge in [0, 0.05) is 18.3 Å². The molecule has 0 saturated heterocycles. The highest BCUT2D eigenvalue weighted by atomic mass is 16.2. The van der Waals surface area contributed by atoms with E-state index in [0.29, 0.717) is 28.2 Å². The predicted molar refractivity (Wildman–Crippen MR) is 131 cm³/mol.